The summed E-state index contributed by atoms with van der Waals surface area (Å²) in [5.74, 6) is 1.30. The Hall–Kier alpha value is -2.36. The van der Waals surface area contributed by atoms with E-state index < -0.39 is 0 Å². The van der Waals surface area contributed by atoms with Gasteiger partial charge in [-0.25, -0.2) is 4.98 Å². The minimum atomic E-state index is 0. The van der Waals surface area contributed by atoms with Gasteiger partial charge in [0.05, 0.1) is 0 Å². The Morgan fingerprint density at radius 1 is 1.35 bits per heavy atom. The van der Waals surface area contributed by atoms with E-state index in [1.54, 1.807) is 6.20 Å². The van der Waals surface area contributed by atoms with Gasteiger partial charge in [-0.1, -0.05) is 12.1 Å². The van der Waals surface area contributed by atoms with Crippen molar-refractivity contribution in [2.24, 2.45) is 13.0 Å². The summed E-state index contributed by atoms with van der Waals surface area (Å²) in [4.78, 5) is 17.4. The summed E-state index contributed by atoms with van der Waals surface area (Å²) in [7, 11) is 2.08. The number of fused-ring (bicyclic) bond motifs is 3. The Kier molecular flexibility index (Phi) is 3.15. The van der Waals surface area contributed by atoms with Crippen LogP contribution in [-0.2, 0) is 20.0 Å². The molecule has 4 nitrogen and oxygen atoms in total. The number of imidazole rings is 1. The van der Waals surface area contributed by atoms with Crippen molar-refractivity contribution in [2.75, 3.05) is 0 Å². The zero-order chi connectivity index (χ0) is 16.1. The molecule has 4 heteroatoms. The highest BCUT2D eigenvalue weighted by Gasteiger charge is 2.32. The average Bonchev–Trinajstić information content (AvgIpc) is 3.05. The smallest absolute Gasteiger partial charge is 0.170 e. The normalized spacial score (nSPS) is 17.7. The molecule has 0 spiro atoms. The molecule has 276 valence electrons. The van der Waals surface area contributed by atoms with Crippen molar-refractivity contribution in [3.05, 3.63) is 53.2 Å². The number of hydrogen-bond acceptors (Lipinski definition) is 2. The van der Waals surface area contributed by atoms with E-state index in [1.807, 2.05) is 13.1 Å². The lowest BCUT2D eigenvalue weighted by atomic mass is 9.85. The zero-order valence-electron chi connectivity index (χ0n) is 13.8. The topological polar surface area (TPSA) is 39.8 Å². The van der Waals surface area contributed by atoms with Gasteiger partial charge >= 0.3 is 0 Å². The van der Waals surface area contributed by atoms with E-state index in [2.05, 4.69) is 46.3 Å². The Balaban J connectivity index is -0.00000000116. The molecule has 4 rings (SSSR count). The summed E-state index contributed by atoms with van der Waals surface area (Å²) in [6.07, 6.45) is 5.63. The Morgan fingerprint density at radius 2 is 2.17 bits per heavy atom. The highest BCUT2D eigenvalue weighted by atomic mass is 16.1. The molecule has 2 heterocycles. The third kappa shape index (κ3) is 2.12. The van der Waals surface area contributed by atoms with Gasteiger partial charge in [0, 0.05) is 167 Å². The molecule has 1 aliphatic rings. The predicted molar refractivity (Wildman–Crippen MR) is 258 cm³/mol. The molecule has 1 aliphatic carbocycles. The molecule has 0 amide bonds. The molecule has 1 atom stereocenters. The van der Waals surface area contributed by atoms with Crippen molar-refractivity contribution in [2.45, 2.75) is 33.2 Å². The van der Waals surface area contributed by atoms with Crippen molar-refractivity contribution < 1.29 is 117 Å². The van der Waals surface area contributed by atoms with Gasteiger partial charge in [0.25, 0.3) is 0 Å². The SMILES string of the molecule is Cc1ccc2c3c(n(C)c2c1)CCC(Cn1ccnc1C)C3=O.[HH].[HH].[HH].[HH].[HH].[HH].[HH].[HH].[HH].[HH].[HH].[HH].[HH].[HH].[HH].[HH].[HH].[HH].[HH].[HH].[HH].[HH].[HH].[HH].[HH].[HH].[HH].[HH].[HH].[HH].[HH].[HH].[HH].[HH].[HH].[HH].[HH].[HH].[HH].[HH].[HH].[HH].[HH].[HH].[HH].[HH].[HH].[HH].[HH].[HH].[HH].[HH].[HH].[HH].[HH].[HH].[HH].[HH].[HH].[HH].[HH].[HH].[HH].[HH].[HH].[HH].[HH].[HH].[HH].[HH].[HH].[HH].[HH].[HH].[HH].[HH].[HH].[HH].[HH]. The standard InChI is InChI=1S/C19H21N3O.79H2/c1-12-4-6-15-17(10-12)21(3)16-7-5-14(19(23)18(15)16)11-22-9-8-20-13(22)2;;;;;;;;;;;;;;;;;;;;;;;;;;;;;;;;;;;;;;;;;;;;;;;;;;;;;;;;;;;;;;;;;;;;;;;;;;;;;;;/h4,6,8-10,14H,5,7,11H2,1-3H3;79*1H. The molecule has 23 heavy (non-hydrogen) atoms. The molecule has 0 saturated carbocycles. The number of hydrogen-bond donors (Lipinski definition) is 0. The van der Waals surface area contributed by atoms with Crippen molar-refractivity contribution in [1.29, 1.82) is 0 Å². The van der Waals surface area contributed by atoms with Crippen molar-refractivity contribution in [3.8, 4) is 0 Å². The number of rotatable bonds is 2. The van der Waals surface area contributed by atoms with Crippen LogP contribution in [0.1, 0.15) is 147 Å². The van der Waals surface area contributed by atoms with Gasteiger partial charge in [0.1, 0.15) is 5.82 Å². The molecule has 3 aromatic rings. The molecule has 0 saturated heterocycles. The van der Waals surface area contributed by atoms with Gasteiger partial charge < -0.3 is 9.13 Å². The summed E-state index contributed by atoms with van der Waals surface area (Å²) in [6.45, 7) is 4.81. The number of benzene rings is 1. The first-order valence-corrected chi connectivity index (χ1v) is 8.16. The zero-order valence-corrected chi connectivity index (χ0v) is 13.8. The van der Waals surface area contributed by atoms with Crippen molar-refractivity contribution in [1.82, 2.24) is 14.1 Å². The Bertz CT molecular complexity index is 995. The molecule has 1 aromatic carbocycles. The Morgan fingerprint density at radius 3 is 2.91 bits per heavy atom. The lowest BCUT2D eigenvalue weighted by Crippen LogP contribution is -2.27. The average molecular weight is 467 g/mol. The van der Waals surface area contributed by atoms with Gasteiger partial charge in [-0.05, 0) is 38.3 Å². The second-order valence-electron chi connectivity index (χ2n) is 6.63. The third-order valence-electron chi connectivity index (χ3n) is 5.16. The van der Waals surface area contributed by atoms with Gasteiger partial charge in [-0.2, -0.15) is 0 Å². The second kappa shape index (κ2) is 5.08. The maximum Gasteiger partial charge on any atom is 0.170 e. The lowest BCUT2D eigenvalue weighted by molar-refractivity contribution is 0.0888. The summed E-state index contributed by atoms with van der Waals surface area (Å²) >= 11 is 0. The van der Waals surface area contributed by atoms with Crippen LogP contribution in [0.15, 0.2) is 30.6 Å². The largest absolute Gasteiger partial charge is 0.347 e. The van der Waals surface area contributed by atoms with Gasteiger partial charge in [-0.3, -0.25) is 4.79 Å². The van der Waals surface area contributed by atoms with Crippen LogP contribution < -0.4 is 0 Å². The molecule has 0 radical (unpaired) electrons. The number of aryl methyl sites for hydroxylation is 3. The molecule has 0 N–H and O–H groups in total. The molecular formula is C19H179N3O. The van der Waals surface area contributed by atoms with Crippen LogP contribution in [0, 0.1) is 19.8 Å². The van der Waals surface area contributed by atoms with Gasteiger partial charge in [0.15, 0.2) is 5.78 Å². The maximum atomic E-state index is 13.1. The van der Waals surface area contributed by atoms with Crippen LogP contribution in [0.3, 0.4) is 0 Å². The van der Waals surface area contributed by atoms with Crippen LogP contribution in [-0.4, -0.2) is 19.9 Å². The third-order valence-corrected chi connectivity index (χ3v) is 5.16. The fraction of sp³-hybridized carbons (Fsp3) is 0.368. The minimum absolute atomic E-state index is 0. The summed E-state index contributed by atoms with van der Waals surface area (Å²) in [5.41, 5.74) is 4.53. The van der Waals surface area contributed by atoms with E-state index in [1.165, 1.54) is 16.8 Å². The summed E-state index contributed by atoms with van der Waals surface area (Å²) in [5, 5.41) is 1.10. The summed E-state index contributed by atoms with van der Waals surface area (Å²) in [6, 6.07) is 6.38. The van der Waals surface area contributed by atoms with Crippen LogP contribution in [0.25, 0.3) is 10.9 Å². The van der Waals surface area contributed by atoms with E-state index in [-0.39, 0.29) is 124 Å². The first kappa shape index (κ1) is 14.2. The first-order valence-electron chi connectivity index (χ1n) is 8.16. The molecule has 1 unspecified atom stereocenters. The fourth-order valence-corrected chi connectivity index (χ4v) is 3.82. The lowest BCUT2D eigenvalue weighted by Gasteiger charge is -2.23. The monoisotopic (exact) mass is 466 g/mol. The number of carbonyl (C=O) groups is 1. The van der Waals surface area contributed by atoms with Crippen LogP contribution in [0.4, 0.5) is 0 Å². The number of Topliss-reactive ketones (excluding diaryl/α,β-unsaturated/α-hetero) is 1. The molecule has 0 bridgehead atoms. The quantitative estimate of drug-likeness (QED) is 0.377. The van der Waals surface area contributed by atoms with Crippen LogP contribution in [0.5, 0.6) is 0 Å². The first-order chi connectivity index (χ1) is 11.1. The number of aromatic nitrogens is 3. The second-order valence-corrected chi connectivity index (χ2v) is 6.63. The van der Waals surface area contributed by atoms with E-state index in [0.29, 0.717) is 0 Å². The van der Waals surface area contributed by atoms with Crippen molar-refractivity contribution >= 4 is 16.7 Å². The van der Waals surface area contributed by atoms with E-state index >= 15 is 0 Å². The number of ketones is 1. The molecule has 2 aromatic heterocycles. The number of carbonyl (C=O) groups excluding carboxylic acids is 1. The van der Waals surface area contributed by atoms with Crippen molar-refractivity contribution in [3.63, 3.8) is 0 Å². The molecule has 0 aliphatic heterocycles. The fourth-order valence-electron chi connectivity index (χ4n) is 3.82. The van der Waals surface area contributed by atoms with E-state index in [9.17, 15) is 4.79 Å². The predicted octanol–water partition coefficient (Wildman–Crippen LogP) is 22.9. The minimum Gasteiger partial charge on any atom is -0.347 e. The summed E-state index contributed by atoms with van der Waals surface area (Å²) < 4.78 is 4.29. The van der Waals surface area contributed by atoms with Gasteiger partial charge in [-0.15, -0.1) is 0 Å². The number of nitrogens with zero attached hydrogens (tertiary/aromatic N) is 3. The van der Waals surface area contributed by atoms with Crippen LogP contribution >= 0.6 is 0 Å². The van der Waals surface area contributed by atoms with E-state index in [0.717, 1.165) is 36.2 Å². The van der Waals surface area contributed by atoms with E-state index in [4.69, 9.17) is 0 Å². The molecule has 0 fully saturated rings. The highest BCUT2D eigenvalue weighted by molar-refractivity contribution is 6.11. The highest BCUT2D eigenvalue weighted by Crippen LogP contribution is 2.34. The van der Waals surface area contributed by atoms with Crippen LogP contribution in [0.2, 0.25) is 0 Å². The Labute approximate surface area is 253 Å². The van der Waals surface area contributed by atoms with Gasteiger partial charge in [0.2, 0.25) is 0 Å². The maximum absolute atomic E-state index is 13.1. The molecular weight excluding hydrogens is 286 g/mol.